The summed E-state index contributed by atoms with van der Waals surface area (Å²) in [6.07, 6.45) is 0. The van der Waals surface area contributed by atoms with Gasteiger partial charge in [0.1, 0.15) is 0 Å². The third kappa shape index (κ3) is 6.38. The Kier molecular flexibility index (Phi) is 8.62. The SMILES string of the molecule is Cc1ccc(-c2ccc(N(c3ccc(-c4ccccc4)cc3)c3ccc(-c4ccccc4)cc3)c(-c3ccccc3)c2)cc1-c1ccccc1. The van der Waals surface area contributed by atoms with Crippen molar-refractivity contribution in [3.63, 3.8) is 0 Å². The summed E-state index contributed by atoms with van der Waals surface area (Å²) in [6.45, 7) is 2.19. The molecule has 0 atom stereocenters. The number of hydrogen-bond donors (Lipinski definition) is 0. The van der Waals surface area contributed by atoms with E-state index in [1.165, 1.54) is 61.2 Å². The highest BCUT2D eigenvalue weighted by atomic mass is 15.1. The molecule has 0 saturated carbocycles. The van der Waals surface area contributed by atoms with Crippen molar-refractivity contribution in [3.8, 4) is 55.6 Å². The molecule has 8 rings (SSSR count). The van der Waals surface area contributed by atoms with E-state index in [1.807, 2.05) is 0 Å². The van der Waals surface area contributed by atoms with Gasteiger partial charge in [-0.2, -0.15) is 0 Å². The molecule has 0 N–H and O–H groups in total. The molecule has 1 nitrogen and oxygen atoms in total. The Hall–Kier alpha value is -6.44. The lowest BCUT2D eigenvalue weighted by Gasteiger charge is -2.29. The molecular formula is C49H37N. The molecule has 0 radical (unpaired) electrons. The molecular weight excluding hydrogens is 603 g/mol. The zero-order valence-electron chi connectivity index (χ0n) is 28.1. The van der Waals surface area contributed by atoms with Crippen LogP contribution in [0.4, 0.5) is 17.1 Å². The molecule has 0 aliphatic carbocycles. The first-order chi connectivity index (χ1) is 24.7. The highest BCUT2D eigenvalue weighted by Crippen LogP contribution is 2.44. The minimum atomic E-state index is 1.10. The number of rotatable bonds is 8. The number of anilines is 3. The Morgan fingerprint density at radius 3 is 1.08 bits per heavy atom. The molecule has 8 aromatic carbocycles. The third-order valence-electron chi connectivity index (χ3n) is 9.44. The largest absolute Gasteiger partial charge is 0.310 e. The molecule has 0 aliphatic rings. The van der Waals surface area contributed by atoms with Crippen LogP contribution in [0.15, 0.2) is 206 Å². The number of hydrogen-bond acceptors (Lipinski definition) is 1. The maximum Gasteiger partial charge on any atom is 0.0540 e. The number of nitrogens with zero attached hydrogens (tertiary/aromatic N) is 1. The first-order valence-electron chi connectivity index (χ1n) is 17.2. The molecule has 0 aliphatic heterocycles. The molecule has 50 heavy (non-hydrogen) atoms. The van der Waals surface area contributed by atoms with Crippen LogP contribution in [0.2, 0.25) is 0 Å². The predicted octanol–water partition coefficient (Wildman–Crippen LogP) is 13.8. The summed E-state index contributed by atoms with van der Waals surface area (Å²) in [5.41, 5.74) is 16.6. The Bertz CT molecular complexity index is 2240. The van der Waals surface area contributed by atoms with Crippen LogP contribution >= 0.6 is 0 Å². The highest BCUT2D eigenvalue weighted by molar-refractivity contribution is 5.91. The van der Waals surface area contributed by atoms with Gasteiger partial charge in [0, 0.05) is 16.9 Å². The Morgan fingerprint density at radius 2 is 0.620 bits per heavy atom. The monoisotopic (exact) mass is 639 g/mol. The van der Waals surface area contributed by atoms with Crippen LogP contribution in [0.5, 0.6) is 0 Å². The van der Waals surface area contributed by atoms with Gasteiger partial charge in [0.2, 0.25) is 0 Å². The minimum Gasteiger partial charge on any atom is -0.310 e. The van der Waals surface area contributed by atoms with E-state index in [9.17, 15) is 0 Å². The van der Waals surface area contributed by atoms with E-state index in [0.717, 1.165) is 17.1 Å². The van der Waals surface area contributed by atoms with Crippen LogP contribution in [0.25, 0.3) is 55.6 Å². The minimum absolute atomic E-state index is 1.10. The fourth-order valence-electron chi connectivity index (χ4n) is 6.78. The van der Waals surface area contributed by atoms with Crippen molar-refractivity contribution in [3.05, 3.63) is 212 Å². The van der Waals surface area contributed by atoms with Crippen molar-refractivity contribution < 1.29 is 0 Å². The molecule has 0 fully saturated rings. The summed E-state index contributed by atoms with van der Waals surface area (Å²) in [7, 11) is 0. The molecule has 0 heterocycles. The molecule has 8 aromatic rings. The van der Waals surface area contributed by atoms with Gasteiger partial charge in [0.05, 0.1) is 5.69 Å². The lowest BCUT2D eigenvalue weighted by molar-refractivity contribution is 1.28. The maximum absolute atomic E-state index is 2.39. The quantitative estimate of drug-likeness (QED) is 0.160. The van der Waals surface area contributed by atoms with Gasteiger partial charge in [0.15, 0.2) is 0 Å². The molecule has 0 saturated heterocycles. The van der Waals surface area contributed by atoms with Gasteiger partial charge in [-0.1, -0.05) is 164 Å². The zero-order valence-corrected chi connectivity index (χ0v) is 28.1. The second kappa shape index (κ2) is 14.0. The van der Waals surface area contributed by atoms with Crippen molar-refractivity contribution in [1.29, 1.82) is 0 Å². The zero-order chi connectivity index (χ0) is 33.7. The van der Waals surface area contributed by atoms with E-state index in [0.29, 0.717) is 0 Å². The lowest BCUT2D eigenvalue weighted by atomic mass is 9.92. The molecule has 238 valence electrons. The molecule has 0 amide bonds. The first kappa shape index (κ1) is 30.9. The summed E-state index contributed by atoms with van der Waals surface area (Å²) in [6, 6.07) is 74.1. The summed E-state index contributed by atoms with van der Waals surface area (Å²) in [4.78, 5) is 2.39. The van der Waals surface area contributed by atoms with Gasteiger partial charge in [-0.05, 0) is 105 Å². The van der Waals surface area contributed by atoms with Crippen LogP contribution in [-0.4, -0.2) is 0 Å². The van der Waals surface area contributed by atoms with E-state index in [1.54, 1.807) is 0 Å². The van der Waals surface area contributed by atoms with E-state index in [-0.39, 0.29) is 0 Å². The van der Waals surface area contributed by atoms with Crippen molar-refractivity contribution in [2.24, 2.45) is 0 Å². The normalized spacial score (nSPS) is 10.9. The third-order valence-corrected chi connectivity index (χ3v) is 9.44. The second-order valence-electron chi connectivity index (χ2n) is 12.7. The fourth-order valence-corrected chi connectivity index (χ4v) is 6.78. The maximum atomic E-state index is 2.39. The highest BCUT2D eigenvalue weighted by Gasteiger charge is 2.19. The van der Waals surface area contributed by atoms with Crippen molar-refractivity contribution in [2.75, 3.05) is 4.90 Å². The topological polar surface area (TPSA) is 3.24 Å². The van der Waals surface area contributed by atoms with Gasteiger partial charge in [0.25, 0.3) is 0 Å². The number of benzene rings is 8. The smallest absolute Gasteiger partial charge is 0.0540 e. The molecule has 0 bridgehead atoms. The standard InChI is InChI=1S/C49H37N/c1-36-22-23-43(34-47(36)41-18-10-4-11-19-41)44-28-33-49(48(35-44)42-20-12-5-13-21-42)50(45-29-24-39(25-30-45)37-14-6-2-7-15-37)46-31-26-40(27-32-46)38-16-8-3-9-17-38/h2-35H,1H3. The number of aryl methyl sites for hydroxylation is 1. The van der Waals surface area contributed by atoms with Crippen LogP contribution in [-0.2, 0) is 0 Å². The second-order valence-corrected chi connectivity index (χ2v) is 12.7. The fraction of sp³-hybridized carbons (Fsp3) is 0.0204. The van der Waals surface area contributed by atoms with E-state index in [4.69, 9.17) is 0 Å². The van der Waals surface area contributed by atoms with Crippen LogP contribution < -0.4 is 4.90 Å². The van der Waals surface area contributed by atoms with E-state index in [2.05, 4.69) is 218 Å². The molecule has 0 aromatic heterocycles. The Balaban J connectivity index is 1.28. The average Bonchev–Trinajstić information content (AvgIpc) is 3.20. The van der Waals surface area contributed by atoms with Crippen LogP contribution in [0.1, 0.15) is 5.56 Å². The van der Waals surface area contributed by atoms with Gasteiger partial charge < -0.3 is 4.90 Å². The Morgan fingerprint density at radius 1 is 0.280 bits per heavy atom. The predicted molar refractivity (Wildman–Crippen MR) is 213 cm³/mol. The van der Waals surface area contributed by atoms with E-state index >= 15 is 0 Å². The molecule has 0 unspecified atom stereocenters. The van der Waals surface area contributed by atoms with Gasteiger partial charge in [-0.3, -0.25) is 0 Å². The van der Waals surface area contributed by atoms with Crippen molar-refractivity contribution in [1.82, 2.24) is 0 Å². The van der Waals surface area contributed by atoms with E-state index < -0.39 is 0 Å². The Labute approximate surface area is 295 Å². The van der Waals surface area contributed by atoms with Crippen molar-refractivity contribution in [2.45, 2.75) is 6.92 Å². The van der Waals surface area contributed by atoms with Crippen LogP contribution in [0, 0.1) is 6.92 Å². The lowest BCUT2D eigenvalue weighted by Crippen LogP contribution is -2.11. The average molecular weight is 640 g/mol. The van der Waals surface area contributed by atoms with Gasteiger partial charge in [-0.15, -0.1) is 0 Å². The summed E-state index contributed by atoms with van der Waals surface area (Å²) in [5.74, 6) is 0. The summed E-state index contributed by atoms with van der Waals surface area (Å²) >= 11 is 0. The summed E-state index contributed by atoms with van der Waals surface area (Å²) < 4.78 is 0. The molecule has 0 spiro atoms. The van der Waals surface area contributed by atoms with Gasteiger partial charge >= 0.3 is 0 Å². The van der Waals surface area contributed by atoms with Crippen LogP contribution in [0.3, 0.4) is 0 Å². The van der Waals surface area contributed by atoms with Gasteiger partial charge in [-0.25, -0.2) is 0 Å². The summed E-state index contributed by atoms with van der Waals surface area (Å²) in [5, 5.41) is 0. The van der Waals surface area contributed by atoms with Crippen molar-refractivity contribution >= 4 is 17.1 Å². The molecule has 1 heteroatoms. The first-order valence-corrected chi connectivity index (χ1v) is 17.2.